The van der Waals surface area contributed by atoms with Gasteiger partial charge in [-0.25, -0.2) is 0 Å². The van der Waals surface area contributed by atoms with Gasteiger partial charge in [0.2, 0.25) is 0 Å². The lowest BCUT2D eigenvalue weighted by Crippen LogP contribution is -2.58. The van der Waals surface area contributed by atoms with Crippen molar-refractivity contribution in [3.8, 4) is 0 Å². The summed E-state index contributed by atoms with van der Waals surface area (Å²) in [7, 11) is 0. The summed E-state index contributed by atoms with van der Waals surface area (Å²) in [6.45, 7) is 6.64. The third-order valence-corrected chi connectivity index (χ3v) is 8.94. The van der Waals surface area contributed by atoms with Crippen LogP contribution in [0.1, 0.15) is 59.3 Å². The number of rotatable bonds is 2. The quantitative estimate of drug-likeness (QED) is 0.338. The van der Waals surface area contributed by atoms with Crippen molar-refractivity contribution < 1.29 is 15.4 Å². The zero-order chi connectivity index (χ0) is 19.6. The van der Waals surface area contributed by atoms with Crippen molar-refractivity contribution >= 4 is 11.4 Å². The van der Waals surface area contributed by atoms with Crippen molar-refractivity contribution in [2.24, 2.45) is 45.6 Å². The van der Waals surface area contributed by atoms with E-state index in [9.17, 15) is 15.4 Å². The van der Waals surface area contributed by atoms with Crippen LogP contribution in [-0.4, -0.2) is 39.6 Å². The lowest BCUT2D eigenvalue weighted by atomic mass is 9.44. The van der Waals surface area contributed by atoms with Crippen molar-refractivity contribution in [1.82, 2.24) is 0 Å². The monoisotopic (exact) mass is 374 g/mol. The molecule has 6 unspecified atom stereocenters. The largest absolute Gasteiger partial charge is 0.411 e. The van der Waals surface area contributed by atoms with Gasteiger partial charge in [0, 0.05) is 11.6 Å². The highest BCUT2D eigenvalue weighted by Gasteiger charge is 2.63. The second-order valence-electron chi connectivity index (χ2n) is 10.1. The topological polar surface area (TPSA) is 96.9 Å². The summed E-state index contributed by atoms with van der Waals surface area (Å²) < 4.78 is 0. The van der Waals surface area contributed by atoms with Gasteiger partial charge in [-0.3, -0.25) is 0 Å². The zero-order valence-electron chi connectivity index (χ0n) is 16.8. The van der Waals surface area contributed by atoms with Crippen LogP contribution < -0.4 is 0 Å². The molecule has 8 atom stereocenters. The number of aliphatic hydroxyl groups is 2. The molecule has 27 heavy (non-hydrogen) atoms. The molecule has 5 nitrogen and oxygen atoms in total. The fourth-order valence-electron chi connectivity index (χ4n) is 7.90. The molecule has 3 fully saturated rings. The maximum absolute atomic E-state index is 11.4. The summed E-state index contributed by atoms with van der Waals surface area (Å²) in [5.41, 5.74) is 2.45. The van der Waals surface area contributed by atoms with Gasteiger partial charge in [-0.05, 0) is 79.1 Å². The average Bonchev–Trinajstić information content (AvgIpc) is 2.94. The molecule has 0 amide bonds. The first-order chi connectivity index (χ1) is 12.8. The normalized spacial score (nSPS) is 49.9. The van der Waals surface area contributed by atoms with Crippen LogP contribution in [0.3, 0.4) is 0 Å². The Morgan fingerprint density at radius 2 is 2.07 bits per heavy atom. The Bertz CT molecular complexity index is 702. The van der Waals surface area contributed by atoms with E-state index in [1.807, 2.05) is 0 Å². The van der Waals surface area contributed by atoms with Gasteiger partial charge in [0.1, 0.15) is 0 Å². The third kappa shape index (κ3) is 2.57. The Kier molecular flexibility index (Phi) is 4.54. The summed E-state index contributed by atoms with van der Waals surface area (Å²) in [4.78, 5) is 0. The van der Waals surface area contributed by atoms with Crippen LogP contribution in [0.15, 0.2) is 16.8 Å². The lowest BCUT2D eigenvalue weighted by molar-refractivity contribution is -0.128. The average molecular weight is 375 g/mol. The van der Waals surface area contributed by atoms with Crippen LogP contribution in [0.25, 0.3) is 0 Å². The van der Waals surface area contributed by atoms with Crippen molar-refractivity contribution in [1.29, 1.82) is 5.41 Å². The van der Waals surface area contributed by atoms with Gasteiger partial charge in [0.15, 0.2) is 0 Å². The molecule has 0 aromatic carbocycles. The number of fused-ring (bicyclic) bond motifs is 5. The van der Waals surface area contributed by atoms with Gasteiger partial charge in [-0.2, -0.15) is 0 Å². The van der Waals surface area contributed by atoms with E-state index in [2.05, 4.69) is 32.0 Å². The van der Waals surface area contributed by atoms with Crippen LogP contribution in [0, 0.1) is 45.8 Å². The molecule has 4 rings (SSSR count). The number of allylic oxidation sites excluding steroid dienone is 2. The highest BCUT2D eigenvalue weighted by molar-refractivity contribution is 5.94. The molecule has 3 saturated carbocycles. The third-order valence-electron chi connectivity index (χ3n) is 8.94. The van der Waals surface area contributed by atoms with E-state index in [0.29, 0.717) is 29.9 Å². The highest BCUT2D eigenvalue weighted by Crippen LogP contribution is 2.67. The molecule has 0 heterocycles. The molecule has 0 spiro atoms. The van der Waals surface area contributed by atoms with Crippen molar-refractivity contribution in [2.45, 2.75) is 65.4 Å². The highest BCUT2D eigenvalue weighted by atomic mass is 16.4. The SMILES string of the molecule is C[C@H]1CC2C3CCC(/C(CO)=N/O)C3(C)CC(O)[C@@H]2C2(C)CCC(=N)C=C12. The second kappa shape index (κ2) is 6.41. The van der Waals surface area contributed by atoms with Gasteiger partial charge in [-0.15, -0.1) is 0 Å². The summed E-state index contributed by atoms with van der Waals surface area (Å²) >= 11 is 0. The Hall–Kier alpha value is -1.20. The first-order valence-corrected chi connectivity index (χ1v) is 10.6. The Labute approximate surface area is 162 Å². The van der Waals surface area contributed by atoms with E-state index in [1.54, 1.807) is 0 Å². The Balaban J connectivity index is 1.74. The number of hydrogen-bond donors (Lipinski definition) is 4. The number of hydrogen-bond acceptors (Lipinski definition) is 5. The minimum Gasteiger partial charge on any atom is -0.411 e. The molecular weight excluding hydrogens is 340 g/mol. The predicted octanol–water partition coefficient (Wildman–Crippen LogP) is 3.62. The fourth-order valence-corrected chi connectivity index (χ4v) is 7.90. The molecule has 4 aliphatic rings. The molecule has 0 aromatic rings. The number of aliphatic hydroxyl groups excluding tert-OH is 2. The molecule has 0 bridgehead atoms. The second-order valence-corrected chi connectivity index (χ2v) is 10.1. The van der Waals surface area contributed by atoms with Gasteiger partial charge < -0.3 is 20.8 Å². The minimum atomic E-state index is -0.385. The number of oxime groups is 1. The predicted molar refractivity (Wildman–Crippen MR) is 105 cm³/mol. The van der Waals surface area contributed by atoms with Crippen molar-refractivity contribution in [3.05, 3.63) is 11.6 Å². The van der Waals surface area contributed by atoms with Crippen LogP contribution >= 0.6 is 0 Å². The first-order valence-electron chi connectivity index (χ1n) is 10.6. The van der Waals surface area contributed by atoms with Gasteiger partial charge in [0.25, 0.3) is 0 Å². The molecule has 0 radical (unpaired) electrons. The van der Waals surface area contributed by atoms with E-state index in [-0.39, 0.29) is 35.4 Å². The number of nitrogens with zero attached hydrogens (tertiary/aromatic N) is 1. The van der Waals surface area contributed by atoms with Crippen molar-refractivity contribution in [2.75, 3.05) is 6.61 Å². The minimum absolute atomic E-state index is 0.0173. The lowest BCUT2D eigenvalue weighted by Gasteiger charge is -2.61. The summed E-state index contributed by atoms with van der Waals surface area (Å²) in [5.74, 6) is 1.67. The Morgan fingerprint density at radius 3 is 2.74 bits per heavy atom. The molecular formula is C22H34N2O3. The van der Waals surface area contributed by atoms with Crippen LogP contribution in [0.5, 0.6) is 0 Å². The first kappa shape index (κ1) is 19.1. The fraction of sp³-hybridized carbons (Fsp3) is 0.818. The molecule has 150 valence electrons. The molecule has 0 saturated heterocycles. The Morgan fingerprint density at radius 1 is 1.33 bits per heavy atom. The van der Waals surface area contributed by atoms with Gasteiger partial charge in [0.05, 0.1) is 18.4 Å². The molecule has 4 aliphatic carbocycles. The standard InChI is InChI=1S/C22H34N2O3/c1-12-8-14-15-4-5-16(18(11-25)24-27)22(15,3)10-19(26)20(14)21(2)7-6-13(23)9-17(12)21/h9,12,14-16,19-20,23,25-27H,4-8,10-11H2,1-3H3/b23-13?,24-18+/t12-,14?,15?,16?,19?,20+,21?,22?/m0/s1. The maximum atomic E-state index is 11.4. The van der Waals surface area contributed by atoms with Crippen LogP contribution in [0.2, 0.25) is 0 Å². The van der Waals surface area contributed by atoms with Crippen molar-refractivity contribution in [3.63, 3.8) is 0 Å². The van der Waals surface area contributed by atoms with E-state index in [4.69, 9.17) is 5.41 Å². The maximum Gasteiger partial charge on any atom is 0.0860 e. The van der Waals surface area contributed by atoms with Gasteiger partial charge >= 0.3 is 0 Å². The van der Waals surface area contributed by atoms with Gasteiger partial charge in [-0.1, -0.05) is 31.5 Å². The molecule has 5 heteroatoms. The number of nitrogens with one attached hydrogen (secondary N) is 1. The molecule has 0 aliphatic heterocycles. The van der Waals surface area contributed by atoms with E-state index in [1.165, 1.54) is 5.57 Å². The summed E-state index contributed by atoms with van der Waals surface area (Å²) in [5, 5.41) is 42.0. The smallest absolute Gasteiger partial charge is 0.0860 e. The summed E-state index contributed by atoms with van der Waals surface area (Å²) in [6, 6.07) is 0. The van der Waals surface area contributed by atoms with Crippen LogP contribution in [-0.2, 0) is 0 Å². The van der Waals surface area contributed by atoms with E-state index in [0.717, 1.165) is 37.8 Å². The van der Waals surface area contributed by atoms with E-state index < -0.39 is 0 Å². The molecule has 0 aromatic heterocycles. The van der Waals surface area contributed by atoms with Crippen LogP contribution in [0.4, 0.5) is 0 Å². The van der Waals surface area contributed by atoms with E-state index >= 15 is 0 Å². The molecule has 4 N–H and O–H groups in total. The zero-order valence-corrected chi connectivity index (χ0v) is 16.8. The summed E-state index contributed by atoms with van der Waals surface area (Å²) in [6.07, 6.45) is 7.26.